The molecule has 2 rings (SSSR count). The summed E-state index contributed by atoms with van der Waals surface area (Å²) in [5, 5.41) is 16.7. The van der Waals surface area contributed by atoms with Gasteiger partial charge in [-0.25, -0.2) is 4.39 Å². The lowest BCUT2D eigenvalue weighted by Gasteiger charge is -2.08. The molecule has 1 aromatic carbocycles. The molecule has 0 aliphatic heterocycles. The number of aliphatic hydroxyl groups excluding tert-OH is 1. The quantitative estimate of drug-likeness (QED) is 0.902. The summed E-state index contributed by atoms with van der Waals surface area (Å²) >= 11 is 0. The molecule has 0 aliphatic carbocycles. The highest BCUT2D eigenvalue weighted by molar-refractivity contribution is 5.30. The Labute approximate surface area is 103 Å². The minimum atomic E-state index is -0.716. The van der Waals surface area contributed by atoms with Crippen LogP contribution in [0.2, 0.25) is 0 Å². The molecule has 18 heavy (non-hydrogen) atoms. The van der Waals surface area contributed by atoms with Gasteiger partial charge in [-0.15, -0.1) is 10.2 Å². The van der Waals surface area contributed by atoms with Crippen LogP contribution in [0.1, 0.15) is 30.4 Å². The first kappa shape index (κ1) is 12.5. The molecule has 0 amide bonds. The molecule has 2 aromatic rings. The number of benzene rings is 1. The van der Waals surface area contributed by atoms with Crippen LogP contribution >= 0.6 is 0 Å². The van der Waals surface area contributed by atoms with Crippen LogP contribution in [0.25, 0.3) is 0 Å². The van der Waals surface area contributed by atoms with E-state index in [1.54, 1.807) is 19.9 Å². The lowest BCUT2D eigenvalue weighted by molar-refractivity contribution is 0.198. The van der Waals surface area contributed by atoms with Crippen molar-refractivity contribution in [2.75, 3.05) is 0 Å². The minimum Gasteiger partial charge on any atom is -0.481 e. The molecule has 0 unspecified atom stereocenters. The predicted molar refractivity (Wildman–Crippen MR) is 60.4 cm³/mol. The van der Waals surface area contributed by atoms with Crippen molar-refractivity contribution in [1.29, 1.82) is 0 Å². The van der Waals surface area contributed by atoms with E-state index in [2.05, 4.69) is 10.2 Å². The van der Waals surface area contributed by atoms with E-state index in [4.69, 9.17) is 9.15 Å². The van der Waals surface area contributed by atoms with Gasteiger partial charge in [0.1, 0.15) is 0 Å². The van der Waals surface area contributed by atoms with Crippen molar-refractivity contribution in [3.63, 3.8) is 0 Å². The summed E-state index contributed by atoms with van der Waals surface area (Å²) in [6, 6.07) is 4.29. The van der Waals surface area contributed by atoms with Gasteiger partial charge < -0.3 is 14.3 Å². The summed E-state index contributed by atoms with van der Waals surface area (Å²) in [6.07, 6.45) is -0.716. The molecule has 1 atom stereocenters. The van der Waals surface area contributed by atoms with Gasteiger partial charge >= 0.3 is 0 Å². The minimum absolute atomic E-state index is 0.00574. The topological polar surface area (TPSA) is 68.4 Å². The van der Waals surface area contributed by atoms with E-state index in [-0.39, 0.29) is 18.2 Å². The summed E-state index contributed by atoms with van der Waals surface area (Å²) in [4.78, 5) is 0. The molecule has 96 valence electrons. The number of hydrogen-bond acceptors (Lipinski definition) is 5. The van der Waals surface area contributed by atoms with Crippen LogP contribution in [0.3, 0.4) is 0 Å². The Morgan fingerprint density at radius 1 is 1.44 bits per heavy atom. The summed E-state index contributed by atoms with van der Waals surface area (Å²) in [5.41, 5.74) is 0.494. The molecule has 1 aromatic heterocycles. The molecule has 5 nitrogen and oxygen atoms in total. The standard InChI is InChI=1S/C12H13FN2O3/c1-7(16)9-3-4-11(10(13)5-9)17-6-12-15-14-8(2)18-12/h3-5,7,16H,6H2,1-2H3/t7-/m1/s1. The first-order valence-corrected chi connectivity index (χ1v) is 5.45. The Kier molecular flexibility index (Phi) is 3.57. The number of halogens is 1. The molecular formula is C12H13FN2O3. The summed E-state index contributed by atoms with van der Waals surface area (Å²) in [6.45, 7) is 3.23. The van der Waals surface area contributed by atoms with Crippen molar-refractivity contribution in [2.45, 2.75) is 26.6 Å². The number of nitrogens with zero attached hydrogens (tertiary/aromatic N) is 2. The largest absolute Gasteiger partial charge is 0.481 e. The number of rotatable bonds is 4. The van der Waals surface area contributed by atoms with Crippen molar-refractivity contribution in [1.82, 2.24) is 10.2 Å². The number of aromatic nitrogens is 2. The molecule has 0 radical (unpaired) electrons. The number of aliphatic hydroxyl groups is 1. The number of ether oxygens (including phenoxy) is 1. The van der Waals surface area contributed by atoms with Gasteiger partial charge in [0.2, 0.25) is 5.89 Å². The summed E-state index contributed by atoms with van der Waals surface area (Å²) in [7, 11) is 0. The molecule has 0 spiro atoms. The Morgan fingerprint density at radius 2 is 2.22 bits per heavy atom. The number of aryl methyl sites for hydroxylation is 1. The van der Waals surface area contributed by atoms with E-state index >= 15 is 0 Å². The fourth-order valence-electron chi connectivity index (χ4n) is 1.43. The monoisotopic (exact) mass is 252 g/mol. The van der Waals surface area contributed by atoms with E-state index in [1.807, 2.05) is 0 Å². The maximum absolute atomic E-state index is 13.6. The zero-order chi connectivity index (χ0) is 13.1. The van der Waals surface area contributed by atoms with Crippen LogP contribution in [0, 0.1) is 12.7 Å². The lowest BCUT2D eigenvalue weighted by Crippen LogP contribution is -1.99. The van der Waals surface area contributed by atoms with Gasteiger partial charge in [0.15, 0.2) is 18.2 Å². The molecule has 0 aliphatic rings. The normalized spacial score (nSPS) is 12.4. The van der Waals surface area contributed by atoms with E-state index in [0.29, 0.717) is 11.5 Å². The van der Waals surface area contributed by atoms with Crippen molar-refractivity contribution < 1.29 is 18.7 Å². The second kappa shape index (κ2) is 5.14. The Balaban J connectivity index is 2.05. The van der Waals surface area contributed by atoms with Gasteiger partial charge in [0.25, 0.3) is 5.89 Å². The molecule has 0 fully saturated rings. The van der Waals surface area contributed by atoms with Crippen molar-refractivity contribution >= 4 is 0 Å². The van der Waals surface area contributed by atoms with Crippen LogP contribution in [-0.4, -0.2) is 15.3 Å². The second-order valence-corrected chi connectivity index (χ2v) is 3.87. The van der Waals surface area contributed by atoms with Crippen LogP contribution in [0.15, 0.2) is 22.6 Å². The highest BCUT2D eigenvalue weighted by Gasteiger charge is 2.09. The molecule has 6 heteroatoms. The highest BCUT2D eigenvalue weighted by atomic mass is 19.1. The molecule has 1 heterocycles. The molecule has 0 saturated heterocycles. The van der Waals surface area contributed by atoms with E-state index in [1.165, 1.54) is 12.1 Å². The Morgan fingerprint density at radius 3 is 2.78 bits per heavy atom. The Hall–Kier alpha value is -1.95. The predicted octanol–water partition coefficient (Wildman–Crippen LogP) is 2.15. The van der Waals surface area contributed by atoms with Crippen LogP contribution in [-0.2, 0) is 6.61 Å². The van der Waals surface area contributed by atoms with E-state index in [9.17, 15) is 9.50 Å². The van der Waals surface area contributed by atoms with E-state index in [0.717, 1.165) is 0 Å². The van der Waals surface area contributed by atoms with Crippen LogP contribution in [0.4, 0.5) is 4.39 Å². The van der Waals surface area contributed by atoms with Crippen molar-refractivity contribution in [3.05, 3.63) is 41.4 Å². The third-order valence-electron chi connectivity index (χ3n) is 2.36. The van der Waals surface area contributed by atoms with Gasteiger partial charge in [-0.3, -0.25) is 0 Å². The van der Waals surface area contributed by atoms with Gasteiger partial charge in [-0.05, 0) is 24.6 Å². The van der Waals surface area contributed by atoms with Gasteiger partial charge in [0, 0.05) is 6.92 Å². The maximum atomic E-state index is 13.6. The van der Waals surface area contributed by atoms with E-state index < -0.39 is 11.9 Å². The van der Waals surface area contributed by atoms with Crippen molar-refractivity contribution in [2.24, 2.45) is 0 Å². The molecule has 0 saturated carbocycles. The molecular weight excluding hydrogens is 239 g/mol. The van der Waals surface area contributed by atoms with Crippen molar-refractivity contribution in [3.8, 4) is 5.75 Å². The SMILES string of the molecule is Cc1nnc(COc2ccc([C@@H](C)O)cc2F)o1. The summed E-state index contributed by atoms with van der Waals surface area (Å²) in [5.74, 6) is 0.255. The maximum Gasteiger partial charge on any atom is 0.253 e. The zero-order valence-corrected chi connectivity index (χ0v) is 10.1. The first-order valence-electron chi connectivity index (χ1n) is 5.45. The second-order valence-electron chi connectivity index (χ2n) is 3.87. The first-order chi connectivity index (χ1) is 8.56. The lowest BCUT2D eigenvalue weighted by atomic mass is 10.1. The van der Waals surface area contributed by atoms with Gasteiger partial charge in [0.05, 0.1) is 6.10 Å². The third kappa shape index (κ3) is 2.84. The highest BCUT2D eigenvalue weighted by Crippen LogP contribution is 2.22. The number of hydrogen-bond donors (Lipinski definition) is 1. The van der Waals surface area contributed by atoms with Crippen LogP contribution in [0.5, 0.6) is 5.75 Å². The third-order valence-corrected chi connectivity index (χ3v) is 2.36. The smallest absolute Gasteiger partial charge is 0.253 e. The molecule has 1 N–H and O–H groups in total. The van der Waals surface area contributed by atoms with Crippen LogP contribution < -0.4 is 4.74 Å². The fourth-order valence-corrected chi connectivity index (χ4v) is 1.43. The summed E-state index contributed by atoms with van der Waals surface area (Å²) < 4.78 is 23.9. The van der Waals surface area contributed by atoms with Gasteiger partial charge in [-0.2, -0.15) is 0 Å². The molecule has 0 bridgehead atoms. The average Bonchev–Trinajstić information content (AvgIpc) is 2.73. The fraction of sp³-hybridized carbons (Fsp3) is 0.333. The average molecular weight is 252 g/mol. The van der Waals surface area contributed by atoms with Gasteiger partial charge in [-0.1, -0.05) is 6.07 Å². The zero-order valence-electron chi connectivity index (χ0n) is 10.1. The Bertz CT molecular complexity index is 540.